The molecule has 1 saturated heterocycles. The summed E-state index contributed by atoms with van der Waals surface area (Å²) >= 11 is 0. The molecule has 0 saturated carbocycles. The van der Waals surface area contributed by atoms with Crippen molar-refractivity contribution in [1.29, 1.82) is 0 Å². The van der Waals surface area contributed by atoms with Crippen molar-refractivity contribution in [3.63, 3.8) is 0 Å². The van der Waals surface area contributed by atoms with Crippen LogP contribution in [0.5, 0.6) is 0 Å². The first-order chi connectivity index (χ1) is 14.4. The van der Waals surface area contributed by atoms with E-state index in [1.54, 1.807) is 32.0 Å². The van der Waals surface area contributed by atoms with Crippen LogP contribution in [0.15, 0.2) is 40.9 Å². The minimum atomic E-state index is -0.790. The van der Waals surface area contributed by atoms with Crippen LogP contribution in [0.25, 0.3) is 11.5 Å². The zero-order valence-electron chi connectivity index (χ0n) is 16.2. The van der Waals surface area contributed by atoms with Gasteiger partial charge in [0.15, 0.2) is 0 Å². The first-order valence-corrected chi connectivity index (χ1v) is 9.25. The molecule has 3 aromatic rings. The molecular formula is C19H19FN6O4. The molecule has 1 amide bonds. The van der Waals surface area contributed by atoms with Crippen molar-refractivity contribution in [1.82, 2.24) is 20.2 Å². The maximum Gasteiger partial charge on any atom is 0.416 e. The Morgan fingerprint density at radius 1 is 1.30 bits per heavy atom. The second kappa shape index (κ2) is 8.03. The van der Waals surface area contributed by atoms with Gasteiger partial charge in [-0.3, -0.25) is 4.90 Å². The van der Waals surface area contributed by atoms with Gasteiger partial charge in [0, 0.05) is 11.8 Å². The van der Waals surface area contributed by atoms with Gasteiger partial charge in [0.2, 0.25) is 17.7 Å². The van der Waals surface area contributed by atoms with E-state index < -0.39 is 30.1 Å². The van der Waals surface area contributed by atoms with Gasteiger partial charge in [-0.15, -0.1) is 10.2 Å². The van der Waals surface area contributed by atoms with Gasteiger partial charge < -0.3 is 19.6 Å². The number of carbonyl (C=O) groups excluding carboxylic acids is 1. The number of benzene rings is 1. The molecular weight excluding hydrogens is 395 g/mol. The molecule has 0 aliphatic carbocycles. The topological polar surface area (TPSA) is 127 Å². The fourth-order valence-electron chi connectivity index (χ4n) is 3.01. The minimum absolute atomic E-state index is 0.0739. The summed E-state index contributed by atoms with van der Waals surface area (Å²) < 4.78 is 24.1. The highest BCUT2D eigenvalue weighted by atomic mass is 19.1. The van der Waals surface area contributed by atoms with Gasteiger partial charge in [-0.25, -0.2) is 14.2 Å². The van der Waals surface area contributed by atoms with Gasteiger partial charge >= 0.3 is 6.09 Å². The van der Waals surface area contributed by atoms with Gasteiger partial charge in [-0.1, -0.05) is 6.07 Å². The van der Waals surface area contributed by atoms with Crippen molar-refractivity contribution in [2.24, 2.45) is 0 Å². The zero-order valence-corrected chi connectivity index (χ0v) is 16.2. The summed E-state index contributed by atoms with van der Waals surface area (Å²) in [5.74, 6) is 0.548. The molecule has 10 nitrogen and oxygen atoms in total. The first kappa shape index (κ1) is 19.7. The average molecular weight is 414 g/mol. The van der Waals surface area contributed by atoms with Gasteiger partial charge in [0.25, 0.3) is 0 Å². The normalized spacial score (nSPS) is 18.2. The van der Waals surface area contributed by atoms with Crippen LogP contribution < -0.4 is 10.2 Å². The number of nitrogens with one attached hydrogen (secondary N) is 1. The van der Waals surface area contributed by atoms with E-state index >= 15 is 0 Å². The molecule has 3 heterocycles. The number of hydrogen-bond donors (Lipinski definition) is 2. The molecule has 3 atom stereocenters. The fraction of sp³-hybridized carbons (Fsp3) is 0.316. The van der Waals surface area contributed by atoms with Crippen LogP contribution in [0.4, 0.5) is 21.0 Å². The monoisotopic (exact) mass is 414 g/mol. The summed E-state index contributed by atoms with van der Waals surface area (Å²) in [6.45, 7) is 3.42. The van der Waals surface area contributed by atoms with Crippen molar-refractivity contribution < 1.29 is 23.4 Å². The molecule has 2 aromatic heterocycles. The summed E-state index contributed by atoms with van der Waals surface area (Å²) in [4.78, 5) is 21.8. The van der Waals surface area contributed by atoms with Gasteiger partial charge in [0.1, 0.15) is 30.3 Å². The molecule has 11 heteroatoms. The summed E-state index contributed by atoms with van der Waals surface area (Å²) in [6.07, 6.45) is 0.102. The van der Waals surface area contributed by atoms with Crippen LogP contribution in [-0.2, 0) is 4.74 Å². The number of carbonyl (C=O) groups is 1. The second-order valence-electron chi connectivity index (χ2n) is 6.82. The third kappa shape index (κ3) is 3.92. The lowest BCUT2D eigenvalue weighted by Crippen LogP contribution is -2.41. The molecule has 0 unspecified atom stereocenters. The van der Waals surface area contributed by atoms with E-state index in [0.717, 1.165) is 0 Å². The lowest BCUT2D eigenvalue weighted by Gasteiger charge is -2.22. The SMILES string of the molecule is C[C@H](Nc1nccc(N2C(=O)OC[C@@H]2[C@@H](C)O)n1)c1nnc(-c2cccc(F)c2)o1. The Kier molecular flexibility index (Phi) is 5.27. The Bertz CT molecular complexity index is 1060. The molecule has 1 aromatic carbocycles. The van der Waals surface area contributed by atoms with Crippen LogP contribution in [-0.4, -0.2) is 50.1 Å². The maximum atomic E-state index is 13.4. The van der Waals surface area contributed by atoms with E-state index in [2.05, 4.69) is 25.5 Å². The number of cyclic esters (lactones) is 1. The lowest BCUT2D eigenvalue weighted by molar-refractivity contribution is 0.142. The van der Waals surface area contributed by atoms with Crippen LogP contribution in [0, 0.1) is 5.82 Å². The molecule has 30 heavy (non-hydrogen) atoms. The van der Waals surface area contributed by atoms with E-state index in [-0.39, 0.29) is 24.3 Å². The summed E-state index contributed by atoms with van der Waals surface area (Å²) in [7, 11) is 0. The minimum Gasteiger partial charge on any atom is -0.447 e. The number of halogens is 1. The van der Waals surface area contributed by atoms with Crippen molar-refractivity contribution in [2.45, 2.75) is 32.0 Å². The molecule has 0 spiro atoms. The van der Waals surface area contributed by atoms with E-state index in [1.165, 1.54) is 23.2 Å². The number of aliphatic hydroxyl groups excluding tert-OH is 1. The van der Waals surface area contributed by atoms with E-state index in [1.807, 2.05) is 0 Å². The standard InChI is InChI=1S/C19H19FN6O4/c1-10(16-24-25-17(30-16)12-4-3-5-13(20)8-12)22-18-21-7-6-15(23-18)26-14(11(2)27)9-29-19(26)28/h3-8,10-11,14,27H,9H2,1-2H3,(H,21,22,23)/t10-,11+,14+/m0/s1. The summed E-state index contributed by atoms with van der Waals surface area (Å²) in [5.41, 5.74) is 0.468. The van der Waals surface area contributed by atoms with E-state index in [9.17, 15) is 14.3 Å². The van der Waals surface area contributed by atoms with Crippen LogP contribution >= 0.6 is 0 Å². The Labute approximate surface area is 170 Å². The summed E-state index contributed by atoms with van der Waals surface area (Å²) in [5, 5.41) is 20.9. The van der Waals surface area contributed by atoms with Gasteiger partial charge in [0.05, 0.1) is 6.10 Å². The van der Waals surface area contributed by atoms with E-state index in [4.69, 9.17) is 9.15 Å². The average Bonchev–Trinajstić information content (AvgIpc) is 3.35. The fourth-order valence-corrected chi connectivity index (χ4v) is 3.01. The molecule has 1 aliphatic heterocycles. The molecule has 0 bridgehead atoms. The molecule has 0 radical (unpaired) electrons. The van der Waals surface area contributed by atoms with Crippen molar-refractivity contribution >= 4 is 17.9 Å². The van der Waals surface area contributed by atoms with Crippen molar-refractivity contribution in [3.05, 3.63) is 48.2 Å². The Balaban J connectivity index is 1.51. The maximum absolute atomic E-state index is 13.4. The number of aliphatic hydroxyl groups is 1. The quantitative estimate of drug-likeness (QED) is 0.625. The molecule has 2 N–H and O–H groups in total. The lowest BCUT2D eigenvalue weighted by atomic mass is 10.2. The third-order valence-corrected chi connectivity index (χ3v) is 4.58. The molecule has 1 aliphatic rings. The predicted molar refractivity (Wildman–Crippen MR) is 103 cm³/mol. The second-order valence-corrected chi connectivity index (χ2v) is 6.82. The predicted octanol–water partition coefficient (Wildman–Crippen LogP) is 2.54. The highest BCUT2D eigenvalue weighted by Gasteiger charge is 2.38. The molecule has 1 fully saturated rings. The van der Waals surface area contributed by atoms with Crippen LogP contribution in [0.2, 0.25) is 0 Å². The number of ether oxygens (including phenoxy) is 1. The molecule has 156 valence electrons. The smallest absolute Gasteiger partial charge is 0.416 e. The number of rotatable bonds is 6. The van der Waals surface area contributed by atoms with Crippen molar-refractivity contribution in [2.75, 3.05) is 16.8 Å². The Morgan fingerprint density at radius 2 is 2.13 bits per heavy atom. The first-order valence-electron chi connectivity index (χ1n) is 9.25. The van der Waals surface area contributed by atoms with Gasteiger partial charge in [-0.2, -0.15) is 4.98 Å². The third-order valence-electron chi connectivity index (χ3n) is 4.58. The number of amides is 1. The number of anilines is 2. The number of aromatic nitrogens is 4. The molecule has 4 rings (SSSR count). The van der Waals surface area contributed by atoms with Gasteiger partial charge in [-0.05, 0) is 38.1 Å². The van der Waals surface area contributed by atoms with Crippen molar-refractivity contribution in [3.8, 4) is 11.5 Å². The van der Waals surface area contributed by atoms with Crippen LogP contribution in [0.1, 0.15) is 25.8 Å². The zero-order chi connectivity index (χ0) is 21.3. The highest BCUT2D eigenvalue weighted by Crippen LogP contribution is 2.26. The summed E-state index contributed by atoms with van der Waals surface area (Å²) in [6, 6.07) is 6.39. The van der Waals surface area contributed by atoms with E-state index in [0.29, 0.717) is 11.4 Å². The Hall–Kier alpha value is -3.60. The highest BCUT2D eigenvalue weighted by molar-refractivity contribution is 5.89. The number of nitrogens with zero attached hydrogens (tertiary/aromatic N) is 5. The largest absolute Gasteiger partial charge is 0.447 e. The number of hydrogen-bond acceptors (Lipinski definition) is 9. The Morgan fingerprint density at radius 3 is 2.90 bits per heavy atom. The van der Waals surface area contributed by atoms with Crippen LogP contribution in [0.3, 0.4) is 0 Å².